The predicted molar refractivity (Wildman–Crippen MR) is 71.0 cm³/mol. The minimum absolute atomic E-state index is 0.0462. The van der Waals surface area contributed by atoms with Crippen molar-refractivity contribution in [3.05, 3.63) is 52.2 Å². The van der Waals surface area contributed by atoms with Gasteiger partial charge in [0.2, 0.25) is 0 Å². The lowest BCUT2D eigenvalue weighted by molar-refractivity contribution is 0.721. The van der Waals surface area contributed by atoms with E-state index in [0.717, 1.165) is 12.8 Å². The second-order valence-corrected chi connectivity index (χ2v) is 3.77. The fourth-order valence-corrected chi connectivity index (χ4v) is 1.65. The Labute approximate surface area is 103 Å². The van der Waals surface area contributed by atoms with E-state index in [1.807, 2.05) is 13.8 Å². The van der Waals surface area contributed by atoms with Crippen molar-refractivity contribution in [1.29, 1.82) is 0 Å². The summed E-state index contributed by atoms with van der Waals surface area (Å²) in [7, 11) is 0. The minimum Gasteiger partial charge on any atom is -0.295 e. The zero-order valence-corrected chi connectivity index (χ0v) is 10.8. The van der Waals surface area contributed by atoms with Gasteiger partial charge in [-0.05, 0) is 25.3 Å². The summed E-state index contributed by atoms with van der Waals surface area (Å²) in [6.45, 7) is 6.42. The highest BCUT2D eigenvalue weighted by Gasteiger charge is 2.02. The van der Waals surface area contributed by atoms with Gasteiger partial charge in [0.25, 0.3) is 5.56 Å². The lowest BCUT2D eigenvalue weighted by Crippen LogP contribution is -2.22. The third-order valence-electron chi connectivity index (χ3n) is 2.50. The Morgan fingerprint density at radius 2 is 2.12 bits per heavy atom. The molecule has 0 radical (unpaired) electrons. The van der Waals surface area contributed by atoms with Crippen molar-refractivity contribution in [3.63, 3.8) is 0 Å². The Morgan fingerprint density at radius 3 is 2.76 bits per heavy atom. The van der Waals surface area contributed by atoms with E-state index in [1.54, 1.807) is 24.0 Å². The van der Waals surface area contributed by atoms with Gasteiger partial charge in [-0.25, -0.2) is 4.98 Å². The molecule has 0 spiro atoms. The van der Waals surface area contributed by atoms with Gasteiger partial charge in [-0.1, -0.05) is 32.1 Å². The first kappa shape index (κ1) is 13.4. The summed E-state index contributed by atoms with van der Waals surface area (Å²) in [5.41, 5.74) is 1.93. The van der Waals surface area contributed by atoms with Crippen molar-refractivity contribution in [2.75, 3.05) is 0 Å². The van der Waals surface area contributed by atoms with Crippen LogP contribution in [-0.4, -0.2) is 9.55 Å². The molecule has 17 heavy (non-hydrogen) atoms. The van der Waals surface area contributed by atoms with Gasteiger partial charge in [0.15, 0.2) is 0 Å². The van der Waals surface area contributed by atoms with E-state index < -0.39 is 0 Å². The zero-order valence-electron chi connectivity index (χ0n) is 10.8. The molecule has 3 nitrogen and oxygen atoms in total. The molecule has 0 saturated carbocycles. The molecule has 1 heterocycles. The maximum Gasteiger partial charge on any atom is 0.256 e. The third kappa shape index (κ3) is 3.70. The summed E-state index contributed by atoms with van der Waals surface area (Å²) in [6, 6.07) is 0. The molecule has 0 amide bonds. The molecular weight excluding hydrogens is 212 g/mol. The molecule has 1 aromatic heterocycles. The third-order valence-corrected chi connectivity index (χ3v) is 2.50. The molecule has 0 fully saturated rings. The first-order valence-electron chi connectivity index (χ1n) is 6.14. The summed E-state index contributed by atoms with van der Waals surface area (Å²) in [5.74, 6) is 0. The van der Waals surface area contributed by atoms with E-state index in [9.17, 15) is 4.79 Å². The van der Waals surface area contributed by atoms with Gasteiger partial charge < -0.3 is 0 Å². The molecule has 0 bridgehead atoms. The number of allylic oxidation sites excluding steroid dienone is 4. The van der Waals surface area contributed by atoms with E-state index in [0.29, 0.717) is 12.1 Å². The van der Waals surface area contributed by atoms with Gasteiger partial charge >= 0.3 is 0 Å². The van der Waals surface area contributed by atoms with Gasteiger partial charge in [-0.15, -0.1) is 0 Å². The SMILES string of the molecule is CC.Cc1cncn(CC2=CCCC=C2)c1=O. The predicted octanol–water partition coefficient (Wildman–Crippen LogP) is 2.85. The highest BCUT2D eigenvalue weighted by molar-refractivity contribution is 5.22. The Kier molecular flexibility index (Phi) is 5.40. The van der Waals surface area contributed by atoms with E-state index in [2.05, 4.69) is 23.2 Å². The largest absolute Gasteiger partial charge is 0.295 e. The quantitative estimate of drug-likeness (QED) is 0.786. The molecule has 1 aliphatic carbocycles. The van der Waals surface area contributed by atoms with Crippen molar-refractivity contribution in [3.8, 4) is 0 Å². The average Bonchev–Trinajstić information content (AvgIpc) is 2.39. The van der Waals surface area contributed by atoms with Crippen molar-refractivity contribution in [1.82, 2.24) is 9.55 Å². The summed E-state index contributed by atoms with van der Waals surface area (Å²) < 4.78 is 1.65. The number of nitrogens with zero attached hydrogens (tertiary/aromatic N) is 2. The van der Waals surface area contributed by atoms with E-state index in [4.69, 9.17) is 0 Å². The summed E-state index contributed by atoms with van der Waals surface area (Å²) in [5, 5.41) is 0. The normalized spacial score (nSPS) is 13.7. The topological polar surface area (TPSA) is 34.9 Å². The van der Waals surface area contributed by atoms with E-state index in [-0.39, 0.29) is 5.56 Å². The average molecular weight is 232 g/mol. The van der Waals surface area contributed by atoms with Crippen LogP contribution in [0.2, 0.25) is 0 Å². The molecule has 92 valence electrons. The summed E-state index contributed by atoms with van der Waals surface area (Å²) in [6.07, 6.45) is 11.8. The molecule has 0 atom stereocenters. The highest BCUT2D eigenvalue weighted by atomic mass is 16.1. The Morgan fingerprint density at radius 1 is 1.35 bits per heavy atom. The molecule has 0 aliphatic heterocycles. The minimum atomic E-state index is 0.0462. The van der Waals surface area contributed by atoms with Gasteiger partial charge in [-0.3, -0.25) is 9.36 Å². The maximum atomic E-state index is 11.7. The standard InChI is InChI=1S/C12H14N2O.C2H6/c1-10-7-13-9-14(12(10)15)8-11-5-3-2-4-6-11;1-2/h3,5-7,9H,2,4,8H2,1H3;1-2H3. The number of hydrogen-bond acceptors (Lipinski definition) is 2. The van der Waals surface area contributed by atoms with E-state index in [1.165, 1.54) is 5.57 Å². The van der Waals surface area contributed by atoms with Crippen LogP contribution < -0.4 is 5.56 Å². The lowest BCUT2D eigenvalue weighted by Gasteiger charge is -2.09. The smallest absolute Gasteiger partial charge is 0.256 e. The van der Waals surface area contributed by atoms with Gasteiger partial charge in [-0.2, -0.15) is 0 Å². The number of aromatic nitrogens is 2. The van der Waals surface area contributed by atoms with Crippen LogP contribution in [-0.2, 0) is 6.54 Å². The first-order chi connectivity index (χ1) is 8.27. The molecule has 3 heteroatoms. The van der Waals surface area contributed by atoms with Crippen molar-refractivity contribution in [2.45, 2.75) is 40.2 Å². The monoisotopic (exact) mass is 232 g/mol. The lowest BCUT2D eigenvalue weighted by atomic mass is 10.1. The molecule has 0 saturated heterocycles. The van der Waals surface area contributed by atoms with Crippen LogP contribution in [0.5, 0.6) is 0 Å². The van der Waals surface area contributed by atoms with Gasteiger partial charge in [0, 0.05) is 11.8 Å². The second kappa shape index (κ2) is 6.84. The number of aryl methyl sites for hydroxylation is 1. The van der Waals surface area contributed by atoms with Crippen LogP contribution in [0, 0.1) is 6.92 Å². The van der Waals surface area contributed by atoms with Crippen LogP contribution in [0.15, 0.2) is 41.1 Å². The van der Waals surface area contributed by atoms with Crippen LogP contribution in [0.25, 0.3) is 0 Å². The number of rotatable bonds is 2. The van der Waals surface area contributed by atoms with Crippen LogP contribution in [0.4, 0.5) is 0 Å². The fraction of sp³-hybridized carbons (Fsp3) is 0.429. The Hall–Kier alpha value is -1.64. The van der Waals surface area contributed by atoms with Crippen molar-refractivity contribution in [2.24, 2.45) is 0 Å². The molecular formula is C14H20N2O. The van der Waals surface area contributed by atoms with E-state index >= 15 is 0 Å². The molecule has 2 rings (SSSR count). The van der Waals surface area contributed by atoms with Crippen LogP contribution in [0.1, 0.15) is 32.3 Å². The Balaban J connectivity index is 0.000000686. The van der Waals surface area contributed by atoms with Crippen LogP contribution >= 0.6 is 0 Å². The fourth-order valence-electron chi connectivity index (χ4n) is 1.65. The van der Waals surface area contributed by atoms with Gasteiger partial charge in [0.05, 0.1) is 12.9 Å². The maximum absolute atomic E-state index is 11.7. The highest BCUT2D eigenvalue weighted by Crippen LogP contribution is 2.10. The number of hydrogen-bond donors (Lipinski definition) is 0. The Bertz CT molecular complexity index is 469. The van der Waals surface area contributed by atoms with Gasteiger partial charge in [0.1, 0.15) is 0 Å². The molecule has 0 unspecified atom stereocenters. The zero-order chi connectivity index (χ0) is 12.7. The molecule has 0 N–H and O–H groups in total. The first-order valence-corrected chi connectivity index (χ1v) is 6.14. The van der Waals surface area contributed by atoms with Crippen molar-refractivity contribution >= 4 is 0 Å². The molecule has 1 aliphatic rings. The molecule has 0 aromatic carbocycles. The van der Waals surface area contributed by atoms with Crippen LogP contribution in [0.3, 0.4) is 0 Å². The summed E-state index contributed by atoms with van der Waals surface area (Å²) >= 11 is 0. The van der Waals surface area contributed by atoms with Crippen molar-refractivity contribution < 1.29 is 0 Å². The summed E-state index contributed by atoms with van der Waals surface area (Å²) in [4.78, 5) is 15.7. The second-order valence-electron chi connectivity index (χ2n) is 3.77. The molecule has 1 aromatic rings.